The first-order valence-corrected chi connectivity index (χ1v) is 5.90. The van der Waals surface area contributed by atoms with E-state index in [0.717, 1.165) is 12.0 Å². The van der Waals surface area contributed by atoms with Crippen LogP contribution in [0.4, 0.5) is 0 Å². The van der Waals surface area contributed by atoms with Gasteiger partial charge in [-0.15, -0.1) is 0 Å². The minimum absolute atomic E-state index is 0.403. The molecule has 0 fully saturated rings. The van der Waals surface area contributed by atoms with Crippen LogP contribution in [0.1, 0.15) is 38.2 Å². The van der Waals surface area contributed by atoms with Crippen molar-refractivity contribution in [1.29, 1.82) is 0 Å². The topological polar surface area (TPSA) is 37.3 Å². The molecule has 1 aromatic rings. The summed E-state index contributed by atoms with van der Waals surface area (Å²) in [4.78, 5) is 11.2. The average molecular weight is 241 g/mol. The average Bonchev–Trinajstić information content (AvgIpc) is 2.25. The van der Waals surface area contributed by atoms with Gasteiger partial charge in [0.1, 0.15) is 0 Å². The quantitative estimate of drug-likeness (QED) is 0.846. The molecule has 0 saturated carbocycles. The van der Waals surface area contributed by atoms with E-state index in [4.69, 9.17) is 11.6 Å². The van der Waals surface area contributed by atoms with Gasteiger partial charge in [0.05, 0.1) is 5.92 Å². The lowest BCUT2D eigenvalue weighted by Gasteiger charge is -2.16. The molecule has 0 aliphatic rings. The van der Waals surface area contributed by atoms with E-state index < -0.39 is 11.9 Å². The van der Waals surface area contributed by atoms with E-state index in [0.29, 0.717) is 17.4 Å². The third-order valence-electron chi connectivity index (χ3n) is 2.88. The maximum Gasteiger partial charge on any atom is 0.310 e. The number of benzene rings is 1. The Morgan fingerprint density at radius 1 is 1.50 bits per heavy atom. The second kappa shape index (κ2) is 5.90. The van der Waals surface area contributed by atoms with E-state index in [-0.39, 0.29) is 0 Å². The van der Waals surface area contributed by atoms with E-state index in [1.807, 2.05) is 6.07 Å². The Morgan fingerprint density at radius 2 is 2.19 bits per heavy atom. The van der Waals surface area contributed by atoms with Crippen molar-refractivity contribution in [3.8, 4) is 0 Å². The molecule has 1 rings (SSSR count). The number of carboxylic acid groups (broad SMARTS) is 1. The summed E-state index contributed by atoms with van der Waals surface area (Å²) in [5, 5.41) is 9.81. The SMILES string of the molecule is CCC(C)CC(C(=O)O)c1cccc(Cl)c1. The molecule has 0 amide bonds. The zero-order chi connectivity index (χ0) is 12.1. The second-order valence-electron chi connectivity index (χ2n) is 4.19. The zero-order valence-corrected chi connectivity index (χ0v) is 10.4. The molecule has 2 atom stereocenters. The predicted molar refractivity (Wildman–Crippen MR) is 65.9 cm³/mol. The van der Waals surface area contributed by atoms with Crippen molar-refractivity contribution in [3.63, 3.8) is 0 Å². The lowest BCUT2D eigenvalue weighted by molar-refractivity contribution is -0.139. The first kappa shape index (κ1) is 13.0. The van der Waals surface area contributed by atoms with Crippen LogP contribution in [-0.2, 0) is 4.79 Å². The Hall–Kier alpha value is -1.02. The molecule has 0 spiro atoms. The fraction of sp³-hybridized carbons (Fsp3) is 0.462. The zero-order valence-electron chi connectivity index (χ0n) is 9.61. The molecule has 0 heterocycles. The van der Waals surface area contributed by atoms with Gasteiger partial charge in [-0.2, -0.15) is 0 Å². The third-order valence-corrected chi connectivity index (χ3v) is 3.12. The van der Waals surface area contributed by atoms with Gasteiger partial charge in [-0.25, -0.2) is 0 Å². The summed E-state index contributed by atoms with van der Waals surface area (Å²) in [5.41, 5.74) is 0.792. The van der Waals surface area contributed by atoms with E-state index >= 15 is 0 Å². The van der Waals surface area contributed by atoms with Crippen molar-refractivity contribution in [2.45, 2.75) is 32.6 Å². The third kappa shape index (κ3) is 3.53. The maximum absolute atomic E-state index is 11.2. The summed E-state index contributed by atoms with van der Waals surface area (Å²) in [6.45, 7) is 4.14. The summed E-state index contributed by atoms with van der Waals surface area (Å²) < 4.78 is 0. The van der Waals surface area contributed by atoms with Gasteiger partial charge in [0.25, 0.3) is 0 Å². The lowest BCUT2D eigenvalue weighted by Crippen LogP contribution is -2.14. The number of halogens is 1. The number of hydrogen-bond donors (Lipinski definition) is 1. The number of rotatable bonds is 5. The Bertz CT molecular complexity index is 363. The summed E-state index contributed by atoms with van der Waals surface area (Å²) >= 11 is 5.87. The molecule has 0 aliphatic heterocycles. The monoisotopic (exact) mass is 240 g/mol. The highest BCUT2D eigenvalue weighted by Gasteiger charge is 2.21. The van der Waals surface area contributed by atoms with E-state index in [2.05, 4.69) is 13.8 Å². The molecular formula is C13H17ClO2. The van der Waals surface area contributed by atoms with Crippen molar-refractivity contribution in [3.05, 3.63) is 34.9 Å². The van der Waals surface area contributed by atoms with Gasteiger partial charge in [0, 0.05) is 5.02 Å². The second-order valence-corrected chi connectivity index (χ2v) is 4.63. The van der Waals surface area contributed by atoms with Gasteiger partial charge < -0.3 is 5.11 Å². The molecule has 0 saturated heterocycles. The summed E-state index contributed by atoms with van der Waals surface area (Å²) in [6, 6.07) is 7.12. The van der Waals surface area contributed by atoms with Crippen molar-refractivity contribution in [2.24, 2.45) is 5.92 Å². The summed E-state index contributed by atoms with van der Waals surface area (Å²) in [7, 11) is 0. The van der Waals surface area contributed by atoms with Crippen LogP contribution in [0.25, 0.3) is 0 Å². The van der Waals surface area contributed by atoms with Crippen LogP contribution in [0, 0.1) is 5.92 Å². The fourth-order valence-electron chi connectivity index (χ4n) is 1.67. The first-order valence-electron chi connectivity index (χ1n) is 5.52. The van der Waals surface area contributed by atoms with Gasteiger partial charge in [-0.05, 0) is 30.0 Å². The molecule has 2 unspecified atom stereocenters. The molecule has 88 valence electrons. The molecule has 1 N–H and O–H groups in total. The normalized spacial score (nSPS) is 14.4. The molecule has 16 heavy (non-hydrogen) atoms. The summed E-state index contributed by atoms with van der Waals surface area (Å²) in [5.74, 6) is -0.823. The standard InChI is InChI=1S/C13H17ClO2/c1-3-9(2)7-12(13(15)16)10-5-4-6-11(14)8-10/h4-6,8-9,12H,3,7H2,1-2H3,(H,15,16). The highest BCUT2D eigenvalue weighted by molar-refractivity contribution is 6.30. The fourth-order valence-corrected chi connectivity index (χ4v) is 1.87. The van der Waals surface area contributed by atoms with Gasteiger partial charge in [-0.3, -0.25) is 4.79 Å². The van der Waals surface area contributed by atoms with Crippen LogP contribution in [0.5, 0.6) is 0 Å². The van der Waals surface area contributed by atoms with Crippen molar-refractivity contribution >= 4 is 17.6 Å². The van der Waals surface area contributed by atoms with Gasteiger partial charge in [-0.1, -0.05) is 44.0 Å². The first-order chi connectivity index (χ1) is 7.54. The Morgan fingerprint density at radius 3 is 2.69 bits per heavy atom. The molecule has 0 aromatic heterocycles. The van der Waals surface area contributed by atoms with Gasteiger partial charge in [0.2, 0.25) is 0 Å². The van der Waals surface area contributed by atoms with E-state index in [1.54, 1.807) is 18.2 Å². The molecule has 1 aromatic carbocycles. The number of carboxylic acids is 1. The maximum atomic E-state index is 11.2. The number of carbonyl (C=O) groups is 1. The Labute approximate surface area is 101 Å². The summed E-state index contributed by atoms with van der Waals surface area (Å²) in [6.07, 6.45) is 1.65. The molecular weight excluding hydrogens is 224 g/mol. The van der Waals surface area contributed by atoms with Crippen LogP contribution in [0.2, 0.25) is 5.02 Å². The minimum atomic E-state index is -0.775. The van der Waals surface area contributed by atoms with Gasteiger partial charge >= 0.3 is 5.97 Å². The molecule has 0 radical (unpaired) electrons. The van der Waals surface area contributed by atoms with Crippen molar-refractivity contribution < 1.29 is 9.90 Å². The number of hydrogen-bond acceptors (Lipinski definition) is 1. The van der Waals surface area contributed by atoms with Crippen LogP contribution >= 0.6 is 11.6 Å². The van der Waals surface area contributed by atoms with Crippen molar-refractivity contribution in [1.82, 2.24) is 0 Å². The van der Waals surface area contributed by atoms with Crippen molar-refractivity contribution in [2.75, 3.05) is 0 Å². The molecule has 0 bridgehead atoms. The van der Waals surface area contributed by atoms with Crippen LogP contribution < -0.4 is 0 Å². The van der Waals surface area contributed by atoms with E-state index in [9.17, 15) is 9.90 Å². The highest BCUT2D eigenvalue weighted by Crippen LogP contribution is 2.27. The minimum Gasteiger partial charge on any atom is -0.481 e. The predicted octanol–water partition coefficient (Wildman–Crippen LogP) is 3.94. The Balaban J connectivity index is 2.89. The van der Waals surface area contributed by atoms with Crippen LogP contribution in [0.15, 0.2) is 24.3 Å². The van der Waals surface area contributed by atoms with Gasteiger partial charge in [0.15, 0.2) is 0 Å². The van der Waals surface area contributed by atoms with E-state index in [1.165, 1.54) is 0 Å². The molecule has 0 aliphatic carbocycles. The van der Waals surface area contributed by atoms with Crippen LogP contribution in [0.3, 0.4) is 0 Å². The molecule has 3 heteroatoms. The molecule has 2 nitrogen and oxygen atoms in total. The highest BCUT2D eigenvalue weighted by atomic mass is 35.5. The smallest absolute Gasteiger partial charge is 0.310 e. The lowest BCUT2D eigenvalue weighted by atomic mass is 9.88. The number of aliphatic carboxylic acids is 1. The Kier molecular flexibility index (Phi) is 4.81. The van der Waals surface area contributed by atoms with Crippen LogP contribution in [-0.4, -0.2) is 11.1 Å². The largest absolute Gasteiger partial charge is 0.481 e.